The maximum absolute atomic E-state index is 5.18. The molecule has 0 aliphatic heterocycles. The monoisotopic (exact) mass is 296 g/mol. The van der Waals surface area contributed by atoms with E-state index in [1.54, 1.807) is 19.3 Å². The first-order valence-electron chi connectivity index (χ1n) is 9.72. The van der Waals surface area contributed by atoms with Gasteiger partial charge in [-0.25, -0.2) is 0 Å². The summed E-state index contributed by atoms with van der Waals surface area (Å²) in [6.07, 6.45) is 9.13. The second kappa shape index (κ2) is 2.92. The molecule has 1 heteroatoms. The van der Waals surface area contributed by atoms with Gasteiger partial charge in [-0.1, -0.05) is 11.6 Å². The molecule has 0 spiro atoms. The molecule has 0 radical (unpaired) electrons. The Balaban J connectivity index is 1.41. The summed E-state index contributed by atoms with van der Waals surface area (Å²) in [6, 6.07) is 0. The van der Waals surface area contributed by atoms with Gasteiger partial charge in [-0.2, -0.15) is 12.6 Å². The van der Waals surface area contributed by atoms with E-state index in [9.17, 15) is 0 Å². The molecule has 0 aromatic rings. The minimum absolute atomic E-state index is 0.812. The van der Waals surface area contributed by atoms with Gasteiger partial charge in [0.1, 0.15) is 0 Å². The van der Waals surface area contributed by atoms with Crippen LogP contribution in [-0.4, -0.2) is 5.25 Å². The van der Waals surface area contributed by atoms with Crippen molar-refractivity contribution in [3.63, 3.8) is 0 Å². The fourth-order valence-corrected chi connectivity index (χ4v) is 11.2. The van der Waals surface area contributed by atoms with Gasteiger partial charge in [0.25, 0.3) is 0 Å². The normalized spacial score (nSPS) is 79.2. The Morgan fingerprint density at radius 2 is 1.52 bits per heavy atom. The smallest absolute Gasteiger partial charge is 0.00846 e. The summed E-state index contributed by atoms with van der Waals surface area (Å²) >= 11 is 5.18. The molecule has 11 rings (SSSR count). The Bertz CT molecular complexity index is 619. The summed E-state index contributed by atoms with van der Waals surface area (Å²) in [6.45, 7) is 0. The molecule has 110 valence electrons. The van der Waals surface area contributed by atoms with Crippen LogP contribution < -0.4 is 0 Å². The average molecular weight is 296 g/mol. The summed E-state index contributed by atoms with van der Waals surface area (Å²) in [4.78, 5) is 0. The van der Waals surface area contributed by atoms with Gasteiger partial charge >= 0.3 is 0 Å². The van der Waals surface area contributed by atoms with Crippen LogP contribution in [0.15, 0.2) is 11.6 Å². The predicted octanol–water partition coefficient (Wildman–Crippen LogP) is 3.89. The molecule has 11 aliphatic carbocycles. The lowest BCUT2D eigenvalue weighted by Gasteiger charge is -2.76. The topological polar surface area (TPSA) is 0 Å². The van der Waals surface area contributed by atoms with Gasteiger partial charge in [-0.05, 0) is 103 Å². The maximum Gasteiger partial charge on any atom is 0.00846 e. The molecule has 10 fully saturated rings. The first-order valence-corrected chi connectivity index (χ1v) is 10.2. The van der Waals surface area contributed by atoms with E-state index in [0.29, 0.717) is 0 Å². The summed E-state index contributed by atoms with van der Waals surface area (Å²) in [7, 11) is 0. The largest absolute Gasteiger partial charge is 0.175 e. The van der Waals surface area contributed by atoms with Crippen molar-refractivity contribution in [1.29, 1.82) is 0 Å². The van der Waals surface area contributed by atoms with Crippen LogP contribution in [0.1, 0.15) is 25.7 Å². The highest BCUT2D eigenvalue weighted by Gasteiger charge is 2.78. The Labute approximate surface area is 132 Å². The van der Waals surface area contributed by atoms with Crippen LogP contribution in [0.25, 0.3) is 0 Å². The third-order valence-corrected chi connectivity index (χ3v) is 11.3. The lowest BCUT2D eigenvalue weighted by atomic mass is 9.31. The van der Waals surface area contributed by atoms with Crippen molar-refractivity contribution in [2.75, 3.05) is 0 Å². The number of allylic oxidation sites excluding steroid dienone is 2. The lowest BCUT2D eigenvalue weighted by Crippen LogP contribution is -2.73. The summed E-state index contributed by atoms with van der Waals surface area (Å²) in [5, 5.41) is 0.812. The van der Waals surface area contributed by atoms with Crippen LogP contribution in [0.2, 0.25) is 0 Å². The fourth-order valence-electron chi connectivity index (χ4n) is 10.4. The Morgan fingerprint density at radius 3 is 2.48 bits per heavy atom. The van der Waals surface area contributed by atoms with E-state index < -0.39 is 0 Å². The van der Waals surface area contributed by atoms with Gasteiger partial charge in [0.15, 0.2) is 0 Å². The molecule has 0 aromatic heterocycles. The van der Waals surface area contributed by atoms with Crippen LogP contribution in [0.5, 0.6) is 0 Å². The van der Waals surface area contributed by atoms with Crippen LogP contribution in [0.4, 0.5) is 0 Å². The van der Waals surface area contributed by atoms with Crippen molar-refractivity contribution in [2.24, 2.45) is 76.9 Å². The van der Waals surface area contributed by atoms with Gasteiger partial charge in [-0.15, -0.1) is 0 Å². The third-order valence-electron chi connectivity index (χ3n) is 10.6. The molecule has 11 aliphatic rings. The van der Waals surface area contributed by atoms with E-state index in [1.807, 2.05) is 5.57 Å². The summed E-state index contributed by atoms with van der Waals surface area (Å²) < 4.78 is 0. The molecule has 14 atom stereocenters. The van der Waals surface area contributed by atoms with Crippen LogP contribution in [-0.2, 0) is 0 Å². The minimum atomic E-state index is 0.812. The maximum atomic E-state index is 5.18. The van der Waals surface area contributed by atoms with Crippen molar-refractivity contribution < 1.29 is 0 Å². The molecule has 21 heavy (non-hydrogen) atoms. The summed E-state index contributed by atoms with van der Waals surface area (Å²) in [5.74, 6) is 14.4. The first kappa shape index (κ1) is 10.8. The van der Waals surface area contributed by atoms with Crippen molar-refractivity contribution in [3.05, 3.63) is 11.6 Å². The predicted molar refractivity (Wildman–Crippen MR) is 84.7 cm³/mol. The van der Waals surface area contributed by atoms with Crippen molar-refractivity contribution in [3.8, 4) is 0 Å². The molecule has 14 unspecified atom stereocenters. The lowest BCUT2D eigenvalue weighted by molar-refractivity contribution is -0.250. The molecular weight excluding hydrogens is 272 g/mol. The molecule has 14 bridgehead atoms. The molecule has 0 aromatic carbocycles. The number of rotatable bonds is 0. The van der Waals surface area contributed by atoms with Crippen LogP contribution >= 0.6 is 12.6 Å². The molecule has 10 saturated carbocycles. The van der Waals surface area contributed by atoms with Gasteiger partial charge in [0.05, 0.1) is 0 Å². The zero-order chi connectivity index (χ0) is 13.2. The van der Waals surface area contributed by atoms with Crippen LogP contribution in [0.3, 0.4) is 0 Å². The fraction of sp³-hybridized carbons (Fsp3) is 0.900. The highest BCUT2D eigenvalue weighted by Crippen LogP contribution is 2.82. The highest BCUT2D eigenvalue weighted by atomic mass is 32.1. The van der Waals surface area contributed by atoms with Crippen molar-refractivity contribution >= 4 is 12.6 Å². The number of hydrogen-bond donors (Lipinski definition) is 1. The molecule has 0 nitrogen and oxygen atoms in total. The van der Waals surface area contributed by atoms with E-state index in [2.05, 4.69) is 6.08 Å². The Hall–Kier alpha value is 0.0900. The molecular formula is C20H24S. The van der Waals surface area contributed by atoms with Gasteiger partial charge < -0.3 is 0 Å². The first-order chi connectivity index (χ1) is 10.3. The SMILES string of the molecule is SC1C2C3CC4CC5C6C(=CCC6C53)C4C3CC4C3C1C42. The average Bonchev–Trinajstić information content (AvgIpc) is 2.85. The van der Waals surface area contributed by atoms with Crippen molar-refractivity contribution in [1.82, 2.24) is 0 Å². The van der Waals surface area contributed by atoms with E-state index in [0.717, 1.165) is 76.3 Å². The third kappa shape index (κ3) is 0.828. The molecule has 0 N–H and O–H groups in total. The minimum Gasteiger partial charge on any atom is -0.175 e. The zero-order valence-corrected chi connectivity index (χ0v) is 13.3. The standard InChI is InChI=1S/C20H24S/c21-20-18-10-4-6-3-9-14-7(1-2-8(14)15(9)10)13(6)11-5-12-16(11)19(20)17(12)18/h1,6,8-21H,2-5H2. The quantitative estimate of drug-likeness (QED) is 0.509. The zero-order valence-electron chi connectivity index (χ0n) is 12.4. The molecule has 0 saturated heterocycles. The van der Waals surface area contributed by atoms with Gasteiger partial charge in [-0.3, -0.25) is 0 Å². The van der Waals surface area contributed by atoms with E-state index >= 15 is 0 Å². The summed E-state index contributed by atoms with van der Waals surface area (Å²) in [5.41, 5.74) is 2.03. The van der Waals surface area contributed by atoms with Gasteiger partial charge in [0.2, 0.25) is 0 Å². The number of fused-ring (bicyclic) bond motifs is 1. The Kier molecular flexibility index (Phi) is 1.50. The molecule has 0 amide bonds. The van der Waals surface area contributed by atoms with E-state index in [4.69, 9.17) is 12.6 Å². The van der Waals surface area contributed by atoms with E-state index in [1.165, 1.54) is 12.3 Å². The van der Waals surface area contributed by atoms with Crippen molar-refractivity contribution in [2.45, 2.75) is 30.9 Å². The Morgan fingerprint density at radius 1 is 0.714 bits per heavy atom. The number of thiol groups is 1. The number of hydrogen-bond acceptors (Lipinski definition) is 1. The van der Waals surface area contributed by atoms with Crippen LogP contribution in [0, 0.1) is 76.9 Å². The second-order valence-corrected chi connectivity index (χ2v) is 10.8. The van der Waals surface area contributed by atoms with E-state index in [-0.39, 0.29) is 0 Å². The second-order valence-electron chi connectivity index (χ2n) is 10.2. The molecule has 0 heterocycles. The highest BCUT2D eigenvalue weighted by molar-refractivity contribution is 7.81. The van der Waals surface area contributed by atoms with Gasteiger partial charge in [0, 0.05) is 5.25 Å².